The average molecular weight is 288 g/mol. The molecule has 0 aromatic heterocycles. The van der Waals surface area contributed by atoms with Crippen molar-refractivity contribution in [1.82, 2.24) is 0 Å². The first-order valence-electron chi connectivity index (χ1n) is 8.05. The van der Waals surface area contributed by atoms with Gasteiger partial charge < -0.3 is 4.74 Å². The van der Waals surface area contributed by atoms with Crippen molar-refractivity contribution in [3.8, 4) is 0 Å². The molecule has 4 heteroatoms. The van der Waals surface area contributed by atoms with Gasteiger partial charge in [-0.15, -0.1) is 0 Å². The fourth-order valence-corrected chi connectivity index (χ4v) is 1.76. The predicted octanol–water partition coefficient (Wildman–Crippen LogP) is 4.95. The summed E-state index contributed by atoms with van der Waals surface area (Å²) in [6.07, 6.45) is 14.6. The lowest BCUT2D eigenvalue weighted by molar-refractivity contribution is -0.512. The van der Waals surface area contributed by atoms with Crippen molar-refractivity contribution in [1.29, 1.82) is 0 Å². The molecule has 0 aliphatic carbocycles. The Balaban J connectivity index is 2.92. The molecule has 0 saturated heterocycles. The van der Waals surface area contributed by atoms with Gasteiger partial charge in [-0.2, -0.15) is 0 Å². The summed E-state index contributed by atoms with van der Waals surface area (Å²) in [5.74, 6) is 0. The summed E-state index contributed by atoms with van der Waals surface area (Å²) in [5, 5.41) is 4.63. The maximum Gasteiger partial charge on any atom is 0.0896 e. The normalized spacial score (nSPS) is 11.3. The minimum Gasteiger partial charge on any atom is -0.501 e. The SMILES string of the molecule is CC=COCCCOOOCCCCCCCCCC. The van der Waals surface area contributed by atoms with Crippen LogP contribution in [0.2, 0.25) is 0 Å². The Labute approximate surface area is 124 Å². The van der Waals surface area contributed by atoms with Crippen LogP contribution in [0.3, 0.4) is 0 Å². The number of unbranched alkanes of at least 4 members (excludes halogenated alkanes) is 7. The molecule has 0 heterocycles. The lowest BCUT2D eigenvalue weighted by Crippen LogP contribution is -2.02. The van der Waals surface area contributed by atoms with Crippen LogP contribution in [0.25, 0.3) is 0 Å². The van der Waals surface area contributed by atoms with Crippen LogP contribution in [0.5, 0.6) is 0 Å². The molecule has 0 bridgehead atoms. The summed E-state index contributed by atoms with van der Waals surface area (Å²) >= 11 is 0. The van der Waals surface area contributed by atoms with E-state index in [1.807, 2.05) is 13.0 Å². The number of ether oxygens (including phenoxy) is 1. The van der Waals surface area contributed by atoms with Crippen LogP contribution >= 0.6 is 0 Å². The van der Waals surface area contributed by atoms with E-state index in [1.165, 1.54) is 44.9 Å². The molecule has 20 heavy (non-hydrogen) atoms. The van der Waals surface area contributed by atoms with Crippen LogP contribution in [0, 0.1) is 0 Å². The third kappa shape index (κ3) is 17.4. The topological polar surface area (TPSA) is 36.9 Å². The van der Waals surface area contributed by atoms with Gasteiger partial charge in [0.2, 0.25) is 0 Å². The summed E-state index contributed by atoms with van der Waals surface area (Å²) in [6, 6.07) is 0. The number of rotatable bonds is 16. The Kier molecular flexibility index (Phi) is 17.9. The highest BCUT2D eigenvalue weighted by Gasteiger charge is 1.94. The summed E-state index contributed by atoms with van der Waals surface area (Å²) in [4.78, 5) is 9.79. The maximum absolute atomic E-state index is 5.13. The minimum absolute atomic E-state index is 0.481. The van der Waals surface area contributed by atoms with Gasteiger partial charge in [0.05, 0.1) is 26.1 Å². The Morgan fingerprint density at radius 2 is 1.30 bits per heavy atom. The van der Waals surface area contributed by atoms with E-state index in [9.17, 15) is 0 Å². The first kappa shape index (κ1) is 19.4. The summed E-state index contributed by atoms with van der Waals surface area (Å²) in [6.45, 7) is 5.87. The first-order valence-corrected chi connectivity index (χ1v) is 8.05. The molecule has 0 amide bonds. The van der Waals surface area contributed by atoms with Crippen LogP contribution in [0.4, 0.5) is 0 Å². The van der Waals surface area contributed by atoms with E-state index in [2.05, 4.69) is 12.0 Å². The largest absolute Gasteiger partial charge is 0.501 e. The second-order valence-electron chi connectivity index (χ2n) is 4.88. The molecule has 0 aromatic carbocycles. The van der Waals surface area contributed by atoms with E-state index in [0.29, 0.717) is 19.8 Å². The van der Waals surface area contributed by atoms with Crippen molar-refractivity contribution in [3.05, 3.63) is 12.3 Å². The molecular weight excluding hydrogens is 256 g/mol. The van der Waals surface area contributed by atoms with Crippen molar-refractivity contribution >= 4 is 0 Å². The summed E-state index contributed by atoms with van der Waals surface area (Å²) in [7, 11) is 0. The zero-order chi connectivity index (χ0) is 14.7. The monoisotopic (exact) mass is 288 g/mol. The van der Waals surface area contributed by atoms with Gasteiger partial charge in [0.1, 0.15) is 0 Å². The van der Waals surface area contributed by atoms with Gasteiger partial charge in [-0.05, 0) is 13.3 Å². The highest BCUT2D eigenvalue weighted by atomic mass is 17.5. The quantitative estimate of drug-likeness (QED) is 0.174. The molecule has 0 radical (unpaired) electrons. The van der Waals surface area contributed by atoms with Crippen molar-refractivity contribution < 1.29 is 19.6 Å². The van der Waals surface area contributed by atoms with E-state index in [-0.39, 0.29) is 0 Å². The molecule has 0 rings (SSSR count). The highest BCUT2D eigenvalue weighted by molar-refractivity contribution is 4.64. The maximum atomic E-state index is 5.13. The van der Waals surface area contributed by atoms with E-state index in [4.69, 9.17) is 14.5 Å². The van der Waals surface area contributed by atoms with E-state index in [0.717, 1.165) is 12.8 Å². The number of hydrogen-bond donors (Lipinski definition) is 0. The van der Waals surface area contributed by atoms with Gasteiger partial charge in [-0.1, -0.05) is 63.0 Å². The highest BCUT2D eigenvalue weighted by Crippen LogP contribution is 2.08. The fraction of sp³-hybridized carbons (Fsp3) is 0.875. The third-order valence-electron chi connectivity index (χ3n) is 2.90. The second-order valence-corrected chi connectivity index (χ2v) is 4.88. The molecule has 0 fully saturated rings. The lowest BCUT2D eigenvalue weighted by Gasteiger charge is -2.04. The molecule has 0 aliphatic rings. The van der Waals surface area contributed by atoms with Crippen LogP contribution in [0.1, 0.15) is 71.6 Å². The molecule has 120 valence electrons. The smallest absolute Gasteiger partial charge is 0.0896 e. The van der Waals surface area contributed by atoms with Crippen molar-refractivity contribution in [3.63, 3.8) is 0 Å². The summed E-state index contributed by atoms with van der Waals surface area (Å²) < 4.78 is 5.13. The molecule has 0 aromatic rings. The Morgan fingerprint density at radius 1 is 0.700 bits per heavy atom. The van der Waals surface area contributed by atoms with Crippen LogP contribution < -0.4 is 0 Å². The minimum atomic E-state index is 0.481. The molecule has 0 N–H and O–H groups in total. The van der Waals surface area contributed by atoms with Crippen LogP contribution in [0.15, 0.2) is 12.3 Å². The van der Waals surface area contributed by atoms with Gasteiger partial charge >= 0.3 is 0 Å². The molecule has 0 spiro atoms. The fourth-order valence-electron chi connectivity index (χ4n) is 1.76. The van der Waals surface area contributed by atoms with Crippen molar-refractivity contribution in [2.75, 3.05) is 19.8 Å². The van der Waals surface area contributed by atoms with Crippen LogP contribution in [-0.2, 0) is 19.6 Å². The van der Waals surface area contributed by atoms with Gasteiger partial charge in [-0.3, -0.25) is 0 Å². The first-order chi connectivity index (χ1) is 9.91. The lowest BCUT2D eigenvalue weighted by atomic mass is 10.1. The average Bonchev–Trinajstić information content (AvgIpc) is 2.47. The third-order valence-corrected chi connectivity index (χ3v) is 2.90. The zero-order valence-corrected chi connectivity index (χ0v) is 13.3. The standard InChI is InChI=1S/C16H32O4/c1-3-5-6-7-8-9-10-11-15-18-20-19-16-12-14-17-13-4-2/h4,13H,3,5-12,14-16H2,1-2H3. The Bertz CT molecular complexity index is 195. The molecule has 0 unspecified atom stereocenters. The summed E-state index contributed by atoms with van der Waals surface area (Å²) in [5.41, 5.74) is 0. The van der Waals surface area contributed by atoms with E-state index < -0.39 is 0 Å². The molecule has 0 atom stereocenters. The molecule has 4 nitrogen and oxygen atoms in total. The molecule has 0 aliphatic heterocycles. The molecular formula is C16H32O4. The van der Waals surface area contributed by atoms with Gasteiger partial charge in [0.25, 0.3) is 0 Å². The van der Waals surface area contributed by atoms with Gasteiger partial charge in [0, 0.05) is 6.42 Å². The Hall–Kier alpha value is -0.580. The van der Waals surface area contributed by atoms with Gasteiger partial charge in [-0.25, -0.2) is 9.78 Å². The van der Waals surface area contributed by atoms with E-state index in [1.54, 1.807) is 6.26 Å². The van der Waals surface area contributed by atoms with Gasteiger partial charge in [0.15, 0.2) is 0 Å². The molecule has 0 saturated carbocycles. The number of allylic oxidation sites excluding steroid dienone is 1. The van der Waals surface area contributed by atoms with Crippen molar-refractivity contribution in [2.45, 2.75) is 71.6 Å². The predicted molar refractivity (Wildman–Crippen MR) is 81.0 cm³/mol. The Morgan fingerprint density at radius 3 is 1.95 bits per heavy atom. The van der Waals surface area contributed by atoms with Crippen LogP contribution in [-0.4, -0.2) is 19.8 Å². The zero-order valence-electron chi connectivity index (χ0n) is 13.3. The van der Waals surface area contributed by atoms with E-state index >= 15 is 0 Å². The number of hydrogen-bond acceptors (Lipinski definition) is 4. The second kappa shape index (κ2) is 18.4. The van der Waals surface area contributed by atoms with Crippen molar-refractivity contribution in [2.24, 2.45) is 0 Å².